The standard InChI is InChI=1S/C14H16N2O4S/c1-20-14-11(12(15)18)8(6-21-14)10-9(17)4-5-16(13(10)19)7-2-3-7/h6-7,10H,2-5H2,1H3,(H2,15,18). The zero-order valence-electron chi connectivity index (χ0n) is 11.6. The van der Waals surface area contributed by atoms with Gasteiger partial charge in [0.2, 0.25) is 5.91 Å². The Balaban J connectivity index is 2.01. The zero-order chi connectivity index (χ0) is 15.1. The second-order valence-electron chi connectivity index (χ2n) is 5.33. The molecular weight excluding hydrogens is 292 g/mol. The number of hydrogen-bond donors (Lipinski definition) is 1. The highest BCUT2D eigenvalue weighted by atomic mass is 32.1. The summed E-state index contributed by atoms with van der Waals surface area (Å²) in [4.78, 5) is 38.3. The van der Waals surface area contributed by atoms with Crippen LogP contribution in [0.15, 0.2) is 5.38 Å². The Morgan fingerprint density at radius 2 is 2.14 bits per heavy atom. The largest absolute Gasteiger partial charge is 0.487 e. The van der Waals surface area contributed by atoms with Crippen LogP contribution in [0.25, 0.3) is 0 Å². The van der Waals surface area contributed by atoms with E-state index in [0.717, 1.165) is 12.8 Å². The highest BCUT2D eigenvalue weighted by Gasteiger charge is 2.44. The number of piperidine rings is 1. The number of nitrogens with two attached hydrogens (primary N) is 1. The van der Waals surface area contributed by atoms with E-state index in [0.29, 0.717) is 23.6 Å². The van der Waals surface area contributed by atoms with Crippen molar-refractivity contribution in [1.29, 1.82) is 0 Å². The SMILES string of the molecule is COc1scc(C2C(=O)CCN(C3CC3)C2=O)c1C(N)=O. The van der Waals surface area contributed by atoms with Crippen molar-refractivity contribution in [2.24, 2.45) is 5.73 Å². The number of carbonyl (C=O) groups is 3. The quantitative estimate of drug-likeness (QED) is 0.837. The molecule has 1 unspecified atom stereocenters. The molecule has 7 heteroatoms. The van der Waals surface area contributed by atoms with Crippen LogP contribution in [0.4, 0.5) is 0 Å². The fraction of sp³-hybridized carbons (Fsp3) is 0.500. The van der Waals surface area contributed by atoms with E-state index < -0.39 is 11.8 Å². The van der Waals surface area contributed by atoms with Crippen LogP contribution in [0.3, 0.4) is 0 Å². The topological polar surface area (TPSA) is 89.7 Å². The van der Waals surface area contributed by atoms with Crippen molar-refractivity contribution in [2.45, 2.75) is 31.2 Å². The van der Waals surface area contributed by atoms with Crippen LogP contribution in [-0.2, 0) is 9.59 Å². The van der Waals surface area contributed by atoms with Gasteiger partial charge in [0.25, 0.3) is 5.91 Å². The molecule has 0 aromatic carbocycles. The summed E-state index contributed by atoms with van der Waals surface area (Å²) in [7, 11) is 1.43. The normalized spacial score (nSPS) is 22.5. The fourth-order valence-electron chi connectivity index (χ4n) is 2.80. The van der Waals surface area contributed by atoms with Gasteiger partial charge < -0.3 is 15.4 Å². The summed E-state index contributed by atoms with van der Waals surface area (Å²) in [6.45, 7) is 0.478. The van der Waals surface area contributed by atoms with Gasteiger partial charge in [0.1, 0.15) is 5.92 Å². The number of ether oxygens (including phenoxy) is 1. The Morgan fingerprint density at radius 1 is 1.43 bits per heavy atom. The summed E-state index contributed by atoms with van der Waals surface area (Å²) < 4.78 is 5.12. The van der Waals surface area contributed by atoms with E-state index in [9.17, 15) is 14.4 Å². The van der Waals surface area contributed by atoms with Crippen molar-refractivity contribution >= 4 is 28.9 Å². The van der Waals surface area contributed by atoms with Crippen LogP contribution < -0.4 is 10.5 Å². The van der Waals surface area contributed by atoms with Gasteiger partial charge in [-0.1, -0.05) is 0 Å². The number of ketones is 1. The molecule has 21 heavy (non-hydrogen) atoms. The lowest BCUT2D eigenvalue weighted by molar-refractivity contribution is -0.142. The smallest absolute Gasteiger partial charge is 0.253 e. The summed E-state index contributed by atoms with van der Waals surface area (Å²) in [6.07, 6.45) is 2.30. The molecule has 1 aromatic rings. The molecule has 112 valence electrons. The van der Waals surface area contributed by atoms with Gasteiger partial charge in [0.15, 0.2) is 10.8 Å². The van der Waals surface area contributed by atoms with Gasteiger partial charge in [-0.3, -0.25) is 14.4 Å². The van der Waals surface area contributed by atoms with Crippen LogP contribution >= 0.6 is 11.3 Å². The molecule has 0 bridgehead atoms. The number of amides is 2. The van der Waals surface area contributed by atoms with Crippen LogP contribution in [0.2, 0.25) is 0 Å². The average Bonchev–Trinajstić information content (AvgIpc) is 3.18. The summed E-state index contributed by atoms with van der Waals surface area (Å²) >= 11 is 1.18. The molecule has 2 heterocycles. The lowest BCUT2D eigenvalue weighted by atomic mass is 9.87. The van der Waals surface area contributed by atoms with E-state index in [1.54, 1.807) is 10.3 Å². The number of likely N-dealkylation sites (tertiary alicyclic amines) is 1. The third-order valence-corrected chi connectivity index (χ3v) is 4.92. The van der Waals surface area contributed by atoms with Gasteiger partial charge in [-0.15, -0.1) is 11.3 Å². The summed E-state index contributed by atoms with van der Waals surface area (Å²) in [5, 5.41) is 1.98. The van der Waals surface area contributed by atoms with E-state index in [-0.39, 0.29) is 23.3 Å². The molecule has 1 saturated carbocycles. The number of Topliss-reactive ketones (excluding diaryl/α,β-unsaturated/α-hetero) is 1. The Hall–Kier alpha value is -1.89. The number of nitrogens with zero attached hydrogens (tertiary/aromatic N) is 1. The third-order valence-electron chi connectivity index (χ3n) is 3.97. The first kappa shape index (κ1) is 14.1. The Morgan fingerprint density at radius 3 is 2.71 bits per heavy atom. The number of thiophene rings is 1. The van der Waals surface area contributed by atoms with Crippen molar-refractivity contribution in [3.63, 3.8) is 0 Å². The molecule has 2 aliphatic rings. The number of primary amides is 1. The fourth-order valence-corrected chi connectivity index (χ4v) is 3.72. The predicted molar refractivity (Wildman–Crippen MR) is 76.5 cm³/mol. The second-order valence-corrected chi connectivity index (χ2v) is 6.18. The number of rotatable bonds is 4. The van der Waals surface area contributed by atoms with Gasteiger partial charge in [-0.05, 0) is 23.8 Å². The third kappa shape index (κ3) is 2.31. The van der Waals surface area contributed by atoms with Crippen molar-refractivity contribution < 1.29 is 19.1 Å². The molecule has 1 aliphatic carbocycles. The van der Waals surface area contributed by atoms with E-state index in [1.165, 1.54) is 18.4 Å². The lowest BCUT2D eigenvalue weighted by Gasteiger charge is -2.31. The van der Waals surface area contributed by atoms with E-state index in [4.69, 9.17) is 10.5 Å². The molecule has 1 aromatic heterocycles. The molecule has 1 saturated heterocycles. The van der Waals surface area contributed by atoms with E-state index in [2.05, 4.69) is 0 Å². The van der Waals surface area contributed by atoms with Crippen LogP contribution in [-0.4, -0.2) is 42.2 Å². The van der Waals surface area contributed by atoms with Crippen LogP contribution in [0.1, 0.15) is 41.1 Å². The summed E-state index contributed by atoms with van der Waals surface area (Å²) in [5.41, 5.74) is 5.94. The number of hydrogen-bond acceptors (Lipinski definition) is 5. The monoisotopic (exact) mass is 308 g/mol. The summed E-state index contributed by atoms with van der Waals surface area (Å²) in [6, 6.07) is 0.255. The van der Waals surface area contributed by atoms with Gasteiger partial charge in [0.05, 0.1) is 12.7 Å². The van der Waals surface area contributed by atoms with Gasteiger partial charge in [-0.25, -0.2) is 0 Å². The minimum absolute atomic E-state index is 0.153. The maximum Gasteiger partial charge on any atom is 0.253 e. The maximum absolute atomic E-state index is 12.6. The van der Waals surface area contributed by atoms with Crippen LogP contribution in [0.5, 0.6) is 5.06 Å². The van der Waals surface area contributed by atoms with Gasteiger partial charge in [-0.2, -0.15) is 0 Å². The molecule has 3 rings (SSSR count). The second kappa shape index (κ2) is 5.14. The Bertz CT molecular complexity index is 620. The predicted octanol–water partition coefficient (Wildman–Crippen LogP) is 0.903. The van der Waals surface area contributed by atoms with E-state index >= 15 is 0 Å². The first-order valence-corrected chi connectivity index (χ1v) is 7.71. The zero-order valence-corrected chi connectivity index (χ0v) is 12.4. The van der Waals surface area contributed by atoms with Crippen molar-refractivity contribution in [3.05, 3.63) is 16.5 Å². The van der Waals surface area contributed by atoms with Crippen LogP contribution in [0, 0.1) is 0 Å². The molecule has 6 nitrogen and oxygen atoms in total. The number of methoxy groups -OCH3 is 1. The molecular formula is C14H16N2O4S. The molecule has 1 atom stereocenters. The van der Waals surface area contributed by atoms with Crippen molar-refractivity contribution in [1.82, 2.24) is 4.90 Å². The van der Waals surface area contributed by atoms with Crippen molar-refractivity contribution in [2.75, 3.05) is 13.7 Å². The number of carbonyl (C=O) groups excluding carboxylic acids is 3. The molecule has 1 aliphatic heterocycles. The molecule has 2 amide bonds. The summed E-state index contributed by atoms with van der Waals surface area (Å²) in [5.74, 6) is -1.95. The molecule has 0 radical (unpaired) electrons. The highest BCUT2D eigenvalue weighted by molar-refractivity contribution is 7.12. The Kier molecular flexibility index (Phi) is 3.44. The van der Waals surface area contributed by atoms with E-state index in [1.807, 2.05) is 0 Å². The molecule has 2 fully saturated rings. The van der Waals surface area contributed by atoms with Gasteiger partial charge in [0, 0.05) is 19.0 Å². The van der Waals surface area contributed by atoms with Gasteiger partial charge >= 0.3 is 0 Å². The molecule has 0 spiro atoms. The first-order valence-electron chi connectivity index (χ1n) is 6.83. The maximum atomic E-state index is 12.6. The molecule has 2 N–H and O–H groups in total. The lowest BCUT2D eigenvalue weighted by Crippen LogP contribution is -2.46. The average molecular weight is 308 g/mol. The minimum atomic E-state index is -0.915. The first-order chi connectivity index (χ1) is 10.0. The van der Waals surface area contributed by atoms with Crippen molar-refractivity contribution in [3.8, 4) is 5.06 Å². The minimum Gasteiger partial charge on any atom is -0.487 e. The Labute approximate surface area is 125 Å². The highest BCUT2D eigenvalue weighted by Crippen LogP contribution is 2.39.